The second-order valence-corrected chi connectivity index (χ2v) is 9.87. The quantitative estimate of drug-likeness (QED) is 0.321. The first-order valence-corrected chi connectivity index (χ1v) is 12.2. The number of amides is 1. The third-order valence-electron chi connectivity index (χ3n) is 6.81. The maximum Gasteiger partial charge on any atom is 0.252 e. The van der Waals surface area contributed by atoms with Gasteiger partial charge in [0.05, 0.1) is 29.8 Å². The van der Waals surface area contributed by atoms with Crippen LogP contribution in [0.5, 0.6) is 0 Å². The smallest absolute Gasteiger partial charge is 0.252 e. The first-order valence-electron chi connectivity index (χ1n) is 12.2. The zero-order valence-corrected chi connectivity index (χ0v) is 21.6. The maximum atomic E-state index is 13.3. The average Bonchev–Trinajstić information content (AvgIpc) is 3.49. The Morgan fingerprint density at radius 1 is 1.24 bits per heavy atom. The molecule has 0 spiro atoms. The second kappa shape index (κ2) is 9.69. The topological polar surface area (TPSA) is 144 Å². The zero-order valence-electron chi connectivity index (χ0n) is 21.6. The van der Waals surface area contributed by atoms with E-state index in [4.69, 9.17) is 4.74 Å². The molecule has 11 nitrogen and oxygen atoms in total. The van der Waals surface area contributed by atoms with Crippen molar-refractivity contribution in [3.8, 4) is 5.82 Å². The summed E-state index contributed by atoms with van der Waals surface area (Å²) < 4.78 is 20.2. The van der Waals surface area contributed by atoms with Gasteiger partial charge in [0.1, 0.15) is 5.60 Å². The molecule has 0 radical (unpaired) electrons. The van der Waals surface area contributed by atoms with Gasteiger partial charge < -0.3 is 15.2 Å². The summed E-state index contributed by atoms with van der Waals surface area (Å²) in [5.74, 6) is -0.0891. The van der Waals surface area contributed by atoms with Crippen LogP contribution in [0, 0.1) is 19.7 Å². The third kappa shape index (κ3) is 4.92. The molecule has 1 fully saturated rings. The van der Waals surface area contributed by atoms with Crippen LogP contribution >= 0.6 is 0 Å². The van der Waals surface area contributed by atoms with Crippen molar-refractivity contribution in [2.24, 2.45) is 0 Å². The fraction of sp³-hybridized carbons (Fsp3) is 0.385. The predicted molar refractivity (Wildman–Crippen MR) is 134 cm³/mol. The Hall–Kier alpha value is -4.03. The van der Waals surface area contributed by atoms with Crippen molar-refractivity contribution in [3.05, 3.63) is 82.8 Å². The zero-order chi connectivity index (χ0) is 27.1. The third-order valence-corrected chi connectivity index (χ3v) is 6.81. The molecule has 1 amide bonds. The Kier molecular flexibility index (Phi) is 6.53. The first-order chi connectivity index (χ1) is 18.1. The van der Waals surface area contributed by atoms with E-state index in [1.54, 1.807) is 18.3 Å². The van der Waals surface area contributed by atoms with Gasteiger partial charge in [0.2, 0.25) is 0 Å². The Bertz CT molecular complexity index is 1460. The number of nitrogens with one attached hydrogen (secondary N) is 2. The highest BCUT2D eigenvalue weighted by Crippen LogP contribution is 2.49. The molecule has 1 saturated carbocycles. The molecule has 1 atom stereocenters. The lowest BCUT2D eigenvalue weighted by atomic mass is 9.65. The van der Waals surface area contributed by atoms with E-state index >= 15 is 0 Å². The van der Waals surface area contributed by atoms with E-state index < -0.39 is 23.1 Å². The van der Waals surface area contributed by atoms with Gasteiger partial charge in [0.15, 0.2) is 23.1 Å². The summed E-state index contributed by atoms with van der Waals surface area (Å²) in [5.41, 5.74) is 1.36. The molecule has 3 N–H and O–H groups in total. The number of aryl methyl sites for hydroxylation is 2. The maximum absolute atomic E-state index is 13.3. The van der Waals surface area contributed by atoms with E-state index in [-0.39, 0.29) is 24.6 Å². The fourth-order valence-electron chi connectivity index (χ4n) is 4.76. The normalized spacial score (nSPS) is 21.6. The minimum Gasteiger partial charge on any atom is -0.382 e. The fourth-order valence-corrected chi connectivity index (χ4v) is 4.76. The number of aromatic nitrogens is 7. The van der Waals surface area contributed by atoms with Crippen molar-refractivity contribution >= 4 is 5.91 Å². The first kappa shape index (κ1) is 25.6. The van der Waals surface area contributed by atoms with Gasteiger partial charge in [0, 0.05) is 44.0 Å². The van der Waals surface area contributed by atoms with Gasteiger partial charge in [-0.25, -0.2) is 24.0 Å². The monoisotopic (exact) mass is 520 g/mol. The Balaban J connectivity index is 1.27. The van der Waals surface area contributed by atoms with Gasteiger partial charge in [-0.1, -0.05) is 6.07 Å². The van der Waals surface area contributed by atoms with Gasteiger partial charge in [-0.15, -0.1) is 0 Å². The molecule has 1 aliphatic carbocycles. The summed E-state index contributed by atoms with van der Waals surface area (Å²) in [7, 11) is 1.45. The van der Waals surface area contributed by atoms with Crippen molar-refractivity contribution in [1.82, 2.24) is 40.2 Å². The molecule has 4 aromatic rings. The molecule has 0 aliphatic heterocycles. The number of aromatic amines is 1. The lowest BCUT2D eigenvalue weighted by molar-refractivity contribution is -0.208. The number of carbonyl (C=O) groups excluding carboxylic acids is 1. The van der Waals surface area contributed by atoms with Gasteiger partial charge >= 0.3 is 0 Å². The summed E-state index contributed by atoms with van der Waals surface area (Å²) in [6.07, 6.45) is 4.45. The minimum absolute atomic E-state index is 0.0154. The van der Waals surface area contributed by atoms with Crippen LogP contribution in [0.3, 0.4) is 0 Å². The number of aliphatic hydroxyl groups is 1. The molecular weight excluding hydrogens is 491 g/mol. The van der Waals surface area contributed by atoms with E-state index in [2.05, 4.69) is 35.6 Å². The molecule has 198 valence electrons. The summed E-state index contributed by atoms with van der Waals surface area (Å²) in [4.78, 5) is 26.6. The van der Waals surface area contributed by atoms with Crippen LogP contribution in [0.15, 0.2) is 42.9 Å². The van der Waals surface area contributed by atoms with Crippen molar-refractivity contribution in [3.63, 3.8) is 0 Å². The van der Waals surface area contributed by atoms with Crippen LogP contribution in [-0.2, 0) is 21.6 Å². The van der Waals surface area contributed by atoms with E-state index in [0.29, 0.717) is 17.9 Å². The van der Waals surface area contributed by atoms with Crippen molar-refractivity contribution in [2.45, 2.75) is 57.3 Å². The number of methoxy groups -OCH3 is 1. The van der Waals surface area contributed by atoms with Crippen molar-refractivity contribution in [1.29, 1.82) is 0 Å². The van der Waals surface area contributed by atoms with E-state index in [9.17, 15) is 14.3 Å². The van der Waals surface area contributed by atoms with Crippen LogP contribution in [0.2, 0.25) is 0 Å². The lowest BCUT2D eigenvalue weighted by Gasteiger charge is -2.50. The number of halogens is 1. The molecule has 0 unspecified atom stereocenters. The number of ether oxygens (including phenoxy) is 1. The number of hydrogen-bond donors (Lipinski definition) is 3. The lowest BCUT2D eigenvalue weighted by Crippen LogP contribution is -2.64. The molecule has 0 bridgehead atoms. The molecule has 12 heteroatoms. The SMILES string of the molecule is COC1(C(=O)N[C@@H](C)c2ccc(-n3cc(F)cn3)nc2)CC(O)(c2nc(C)cc(Cc3cc(C)[nH]n3)n2)C1. The standard InChI is InChI=1S/C26H29FN8O3/c1-15-7-20(9-21-8-16(2)33-34-21)32-23(30-15)25(37)13-26(14-25,38-4)24(36)31-17(3)18-5-6-22(28-10-18)35-12-19(27)11-29-35/h5-8,10-12,17,37H,9,13-14H2,1-4H3,(H,31,36)(H,33,34)/t17-,25?,26?/m0/s1. The summed E-state index contributed by atoms with van der Waals surface area (Å²) in [6, 6.07) is 6.88. The number of H-pyrrole nitrogens is 1. The highest BCUT2D eigenvalue weighted by Gasteiger charge is 2.61. The predicted octanol–water partition coefficient (Wildman–Crippen LogP) is 2.37. The van der Waals surface area contributed by atoms with Gasteiger partial charge in [-0.05, 0) is 44.5 Å². The minimum atomic E-state index is -1.40. The Morgan fingerprint density at radius 2 is 2.03 bits per heavy atom. The Labute approximate surface area is 218 Å². The Morgan fingerprint density at radius 3 is 2.63 bits per heavy atom. The van der Waals surface area contributed by atoms with Crippen LogP contribution < -0.4 is 5.32 Å². The largest absolute Gasteiger partial charge is 0.382 e. The van der Waals surface area contributed by atoms with Gasteiger partial charge in [-0.2, -0.15) is 10.2 Å². The highest BCUT2D eigenvalue weighted by atomic mass is 19.1. The van der Waals surface area contributed by atoms with Crippen molar-refractivity contribution in [2.75, 3.05) is 7.11 Å². The molecule has 4 aromatic heterocycles. The van der Waals surface area contributed by atoms with Crippen LogP contribution in [0.25, 0.3) is 5.82 Å². The molecule has 4 heterocycles. The molecule has 38 heavy (non-hydrogen) atoms. The molecular formula is C26H29FN8O3. The summed E-state index contributed by atoms with van der Waals surface area (Å²) >= 11 is 0. The van der Waals surface area contributed by atoms with Gasteiger partial charge in [0.25, 0.3) is 5.91 Å². The second-order valence-electron chi connectivity index (χ2n) is 9.87. The summed E-state index contributed by atoms with van der Waals surface area (Å²) in [5, 5.41) is 25.4. The van der Waals surface area contributed by atoms with Crippen molar-refractivity contribution < 1.29 is 19.0 Å². The molecule has 5 rings (SSSR count). The number of pyridine rings is 1. The number of rotatable bonds is 8. The number of nitrogens with zero attached hydrogens (tertiary/aromatic N) is 6. The average molecular weight is 521 g/mol. The van der Waals surface area contributed by atoms with Crippen LogP contribution in [0.4, 0.5) is 4.39 Å². The molecule has 0 saturated heterocycles. The van der Waals surface area contributed by atoms with Crippen LogP contribution in [0.1, 0.15) is 60.0 Å². The van der Waals surface area contributed by atoms with E-state index in [1.807, 2.05) is 32.9 Å². The van der Waals surface area contributed by atoms with E-state index in [0.717, 1.165) is 28.8 Å². The molecule has 1 aliphatic rings. The van der Waals surface area contributed by atoms with Crippen LogP contribution in [-0.4, -0.2) is 58.7 Å². The van der Waals surface area contributed by atoms with E-state index in [1.165, 1.54) is 18.0 Å². The van der Waals surface area contributed by atoms with Gasteiger partial charge in [-0.3, -0.25) is 9.89 Å². The number of hydrogen-bond acceptors (Lipinski definition) is 8. The highest BCUT2D eigenvalue weighted by molar-refractivity contribution is 5.87. The summed E-state index contributed by atoms with van der Waals surface area (Å²) in [6.45, 7) is 5.59. The molecule has 0 aromatic carbocycles. The number of carbonyl (C=O) groups is 1.